The predicted molar refractivity (Wildman–Crippen MR) is 81.8 cm³/mol. The van der Waals surface area contributed by atoms with Gasteiger partial charge in [0.15, 0.2) is 0 Å². The van der Waals surface area contributed by atoms with Crippen molar-refractivity contribution in [2.45, 2.75) is 38.6 Å². The minimum absolute atomic E-state index is 0.168. The zero-order chi connectivity index (χ0) is 14.7. The van der Waals surface area contributed by atoms with Gasteiger partial charge >= 0.3 is 0 Å². The molecule has 3 rings (SSSR count). The van der Waals surface area contributed by atoms with Gasteiger partial charge in [0, 0.05) is 30.1 Å². The van der Waals surface area contributed by atoms with E-state index >= 15 is 0 Å². The Morgan fingerprint density at radius 2 is 2.43 bits per heavy atom. The average Bonchev–Trinajstić information content (AvgIpc) is 3.15. The van der Waals surface area contributed by atoms with Crippen LogP contribution in [0.5, 0.6) is 0 Å². The van der Waals surface area contributed by atoms with Crippen LogP contribution in [0.15, 0.2) is 24.7 Å². The third-order valence-electron chi connectivity index (χ3n) is 3.96. The fourth-order valence-electron chi connectivity index (χ4n) is 2.92. The Morgan fingerprint density at radius 3 is 3.24 bits per heavy atom. The lowest BCUT2D eigenvalue weighted by molar-refractivity contribution is 0.428. The highest BCUT2D eigenvalue weighted by Crippen LogP contribution is 2.31. The molecule has 21 heavy (non-hydrogen) atoms. The molecule has 108 valence electrons. The first-order valence-electron chi connectivity index (χ1n) is 7.46. The van der Waals surface area contributed by atoms with Crippen LogP contribution >= 0.6 is 0 Å². The number of fused-ring (bicyclic) bond motifs is 1. The van der Waals surface area contributed by atoms with Gasteiger partial charge in [0.1, 0.15) is 5.82 Å². The minimum Gasteiger partial charge on any atom is -0.369 e. The molecule has 5 heteroatoms. The van der Waals surface area contributed by atoms with E-state index in [4.69, 9.17) is 5.26 Å². The van der Waals surface area contributed by atoms with Gasteiger partial charge in [-0.15, -0.1) is 0 Å². The Kier molecular flexibility index (Phi) is 3.87. The molecule has 0 amide bonds. The molecule has 2 aromatic rings. The van der Waals surface area contributed by atoms with E-state index in [-0.39, 0.29) is 6.04 Å². The highest BCUT2D eigenvalue weighted by atomic mass is 15.3. The van der Waals surface area contributed by atoms with E-state index in [1.165, 1.54) is 11.1 Å². The highest BCUT2D eigenvalue weighted by molar-refractivity contribution is 5.72. The van der Waals surface area contributed by atoms with E-state index in [0.29, 0.717) is 6.42 Å². The SMILES string of the molecule is CCC[C@H](CC#N)n1cc(-c2ccnc3c2CCN3)cn1. The van der Waals surface area contributed by atoms with Crippen molar-refractivity contribution in [2.24, 2.45) is 0 Å². The number of aromatic nitrogens is 3. The first kappa shape index (κ1) is 13.6. The number of nitrogens with one attached hydrogen (secondary N) is 1. The Morgan fingerprint density at radius 1 is 1.52 bits per heavy atom. The summed E-state index contributed by atoms with van der Waals surface area (Å²) in [6.45, 7) is 3.08. The van der Waals surface area contributed by atoms with Crippen LogP contribution in [0.4, 0.5) is 5.82 Å². The molecule has 5 nitrogen and oxygen atoms in total. The van der Waals surface area contributed by atoms with E-state index in [2.05, 4.69) is 34.6 Å². The maximum atomic E-state index is 8.97. The summed E-state index contributed by atoms with van der Waals surface area (Å²) in [4.78, 5) is 4.36. The second kappa shape index (κ2) is 5.96. The molecule has 0 radical (unpaired) electrons. The molecular formula is C16H19N5. The van der Waals surface area contributed by atoms with Gasteiger partial charge in [-0.25, -0.2) is 4.98 Å². The number of hydrogen-bond acceptors (Lipinski definition) is 4. The lowest BCUT2D eigenvalue weighted by Crippen LogP contribution is -2.08. The van der Waals surface area contributed by atoms with Crippen molar-refractivity contribution in [3.05, 3.63) is 30.2 Å². The molecule has 0 fully saturated rings. The van der Waals surface area contributed by atoms with Gasteiger partial charge in [0.2, 0.25) is 0 Å². The van der Waals surface area contributed by atoms with E-state index in [0.717, 1.165) is 37.2 Å². The fourth-order valence-corrected chi connectivity index (χ4v) is 2.92. The van der Waals surface area contributed by atoms with Gasteiger partial charge in [-0.2, -0.15) is 10.4 Å². The van der Waals surface area contributed by atoms with Gasteiger partial charge in [-0.3, -0.25) is 4.68 Å². The van der Waals surface area contributed by atoms with E-state index in [1.807, 2.05) is 23.1 Å². The third kappa shape index (κ3) is 2.62. The van der Waals surface area contributed by atoms with Crippen LogP contribution in [0, 0.1) is 11.3 Å². The monoisotopic (exact) mass is 281 g/mol. The van der Waals surface area contributed by atoms with Crippen LogP contribution in [-0.2, 0) is 6.42 Å². The lowest BCUT2D eigenvalue weighted by atomic mass is 10.0. The predicted octanol–water partition coefficient (Wildman–Crippen LogP) is 3.17. The molecule has 1 aliphatic heterocycles. The number of nitriles is 1. The molecule has 0 saturated heterocycles. The standard InChI is InChI=1S/C16H19N5/c1-2-3-13(4-7-17)21-11-12(10-20-21)14-5-8-18-16-15(14)6-9-19-16/h5,8,10-11,13H,2-4,6,9H2,1H3,(H,18,19)/t13-/m1/s1. The van der Waals surface area contributed by atoms with Crippen LogP contribution < -0.4 is 5.32 Å². The molecule has 0 unspecified atom stereocenters. The molecule has 3 heterocycles. The molecule has 1 N–H and O–H groups in total. The molecule has 2 aromatic heterocycles. The lowest BCUT2D eigenvalue weighted by Gasteiger charge is -2.12. The summed E-state index contributed by atoms with van der Waals surface area (Å²) < 4.78 is 1.94. The smallest absolute Gasteiger partial charge is 0.129 e. The Bertz CT molecular complexity index is 668. The molecule has 0 bridgehead atoms. The molecule has 1 atom stereocenters. The largest absolute Gasteiger partial charge is 0.369 e. The van der Waals surface area contributed by atoms with Gasteiger partial charge in [0.05, 0.1) is 24.7 Å². The minimum atomic E-state index is 0.168. The van der Waals surface area contributed by atoms with Crippen molar-refractivity contribution in [3.63, 3.8) is 0 Å². The quantitative estimate of drug-likeness (QED) is 0.914. The van der Waals surface area contributed by atoms with Crippen molar-refractivity contribution in [3.8, 4) is 17.2 Å². The summed E-state index contributed by atoms with van der Waals surface area (Å²) in [5.74, 6) is 0.988. The van der Waals surface area contributed by atoms with E-state index in [1.54, 1.807) is 0 Å². The van der Waals surface area contributed by atoms with E-state index < -0.39 is 0 Å². The molecule has 0 saturated carbocycles. The first-order valence-corrected chi connectivity index (χ1v) is 7.46. The van der Waals surface area contributed by atoms with E-state index in [9.17, 15) is 0 Å². The molecule has 1 aliphatic rings. The van der Waals surface area contributed by atoms with Crippen molar-refractivity contribution >= 4 is 5.82 Å². The Hall–Kier alpha value is -2.35. The zero-order valence-corrected chi connectivity index (χ0v) is 12.2. The third-order valence-corrected chi connectivity index (χ3v) is 3.96. The Labute approximate surface area is 124 Å². The number of nitrogens with zero attached hydrogens (tertiary/aromatic N) is 4. The van der Waals surface area contributed by atoms with Crippen molar-refractivity contribution in [1.82, 2.24) is 14.8 Å². The van der Waals surface area contributed by atoms with Crippen LogP contribution in [0.3, 0.4) is 0 Å². The summed E-state index contributed by atoms with van der Waals surface area (Å²) in [7, 11) is 0. The molecule has 0 aliphatic carbocycles. The number of pyridine rings is 1. The van der Waals surface area contributed by atoms with Crippen LogP contribution in [-0.4, -0.2) is 21.3 Å². The maximum Gasteiger partial charge on any atom is 0.129 e. The number of anilines is 1. The van der Waals surface area contributed by atoms with Gasteiger partial charge < -0.3 is 5.32 Å². The second-order valence-corrected chi connectivity index (χ2v) is 5.38. The summed E-state index contributed by atoms with van der Waals surface area (Å²) in [6.07, 6.45) is 9.33. The summed E-state index contributed by atoms with van der Waals surface area (Å²) in [5, 5.41) is 16.7. The highest BCUT2D eigenvalue weighted by Gasteiger charge is 2.18. The van der Waals surface area contributed by atoms with Crippen molar-refractivity contribution in [2.75, 3.05) is 11.9 Å². The first-order chi connectivity index (χ1) is 10.3. The van der Waals surface area contributed by atoms with Gasteiger partial charge in [0.25, 0.3) is 0 Å². The molecule has 0 spiro atoms. The fraction of sp³-hybridized carbons (Fsp3) is 0.438. The van der Waals surface area contributed by atoms with Crippen LogP contribution in [0.2, 0.25) is 0 Å². The average molecular weight is 281 g/mol. The molecular weight excluding hydrogens is 262 g/mol. The summed E-state index contributed by atoms with van der Waals surface area (Å²) in [5.41, 5.74) is 3.57. The topological polar surface area (TPSA) is 66.5 Å². The van der Waals surface area contributed by atoms with Gasteiger partial charge in [-0.1, -0.05) is 13.3 Å². The normalized spacial score (nSPS) is 14.3. The van der Waals surface area contributed by atoms with Crippen LogP contribution in [0.1, 0.15) is 37.8 Å². The van der Waals surface area contributed by atoms with Gasteiger partial charge in [-0.05, 0) is 24.5 Å². The maximum absolute atomic E-state index is 8.97. The zero-order valence-electron chi connectivity index (χ0n) is 12.2. The summed E-state index contributed by atoms with van der Waals surface area (Å²) >= 11 is 0. The number of rotatable bonds is 5. The van der Waals surface area contributed by atoms with Crippen LogP contribution in [0.25, 0.3) is 11.1 Å². The van der Waals surface area contributed by atoms with Crippen molar-refractivity contribution in [1.29, 1.82) is 5.26 Å². The Balaban J connectivity index is 1.92. The van der Waals surface area contributed by atoms with Crippen molar-refractivity contribution < 1.29 is 0 Å². The number of hydrogen-bond donors (Lipinski definition) is 1. The molecule has 0 aromatic carbocycles. The summed E-state index contributed by atoms with van der Waals surface area (Å²) in [6, 6.07) is 4.48. The second-order valence-electron chi connectivity index (χ2n) is 5.38.